The van der Waals surface area contributed by atoms with Gasteiger partial charge in [0, 0.05) is 38.6 Å². The summed E-state index contributed by atoms with van der Waals surface area (Å²) in [7, 11) is 1.93. The molecule has 6 nitrogen and oxygen atoms in total. The number of likely N-dealkylation sites (N-methyl/N-ethyl adjacent to an activating group) is 1. The summed E-state index contributed by atoms with van der Waals surface area (Å²) in [6.45, 7) is 6.61. The highest BCUT2D eigenvalue weighted by Gasteiger charge is 2.17. The van der Waals surface area contributed by atoms with Crippen LogP contribution in [-0.2, 0) is 9.47 Å². The minimum atomic E-state index is -0.517. The summed E-state index contributed by atoms with van der Waals surface area (Å²) in [6.07, 6.45) is 1.54. The Bertz CT molecular complexity index is 416. The maximum absolute atomic E-state index is 10.1. The molecule has 0 saturated carbocycles. The van der Waals surface area contributed by atoms with E-state index in [1.54, 1.807) is 0 Å². The van der Waals surface area contributed by atoms with Gasteiger partial charge in [0.25, 0.3) is 0 Å². The molecule has 2 N–H and O–H groups in total. The maximum Gasteiger partial charge on any atom is 0.150 e. The second kappa shape index (κ2) is 7.77. The van der Waals surface area contributed by atoms with Gasteiger partial charge in [0.15, 0.2) is 0 Å². The molecule has 1 aliphatic heterocycles. The topological polar surface area (TPSA) is 70.6 Å². The first-order valence-corrected chi connectivity index (χ1v) is 7.70. The molecule has 1 aromatic rings. The van der Waals surface area contributed by atoms with Gasteiger partial charge in [-0.2, -0.15) is 5.10 Å². The summed E-state index contributed by atoms with van der Waals surface area (Å²) in [6, 6.07) is 2.02. The standard InChI is InChI=1S/C15H27N3O3/c1-11(2)14-8-15(17-16-14)18(3)9-12(19)10-21-13-4-6-20-7-5-13/h8,11-13,19H,4-7,9-10H2,1-3H3,(H,16,17). The van der Waals surface area contributed by atoms with Crippen LogP contribution >= 0.6 is 0 Å². The molecule has 120 valence electrons. The predicted octanol–water partition coefficient (Wildman–Crippen LogP) is 1.53. The SMILES string of the molecule is CC(C)c1cc(N(C)CC(O)COC2CCOCC2)n[nH]1. The lowest BCUT2D eigenvalue weighted by Gasteiger charge is -2.25. The average Bonchev–Trinajstić information content (AvgIpc) is 2.96. The number of aliphatic hydroxyl groups excluding tert-OH is 1. The van der Waals surface area contributed by atoms with Crippen LogP contribution in [0.1, 0.15) is 38.3 Å². The maximum atomic E-state index is 10.1. The Labute approximate surface area is 126 Å². The van der Waals surface area contributed by atoms with Gasteiger partial charge >= 0.3 is 0 Å². The van der Waals surface area contributed by atoms with E-state index >= 15 is 0 Å². The van der Waals surface area contributed by atoms with E-state index in [0.29, 0.717) is 19.1 Å². The molecule has 1 aromatic heterocycles. The molecule has 0 aromatic carbocycles. The Morgan fingerprint density at radius 1 is 1.48 bits per heavy atom. The van der Waals surface area contributed by atoms with E-state index in [1.807, 2.05) is 18.0 Å². The van der Waals surface area contributed by atoms with Crippen LogP contribution in [0.2, 0.25) is 0 Å². The average molecular weight is 297 g/mol. The summed E-state index contributed by atoms with van der Waals surface area (Å²) in [4.78, 5) is 1.94. The summed E-state index contributed by atoms with van der Waals surface area (Å²) in [5.74, 6) is 1.27. The second-order valence-electron chi connectivity index (χ2n) is 6.02. The van der Waals surface area contributed by atoms with Crippen molar-refractivity contribution in [2.75, 3.05) is 38.3 Å². The van der Waals surface area contributed by atoms with Gasteiger partial charge in [-0.15, -0.1) is 0 Å². The Morgan fingerprint density at radius 2 is 2.19 bits per heavy atom. The fourth-order valence-corrected chi connectivity index (χ4v) is 2.37. The lowest BCUT2D eigenvalue weighted by molar-refractivity contribution is -0.0574. The zero-order valence-electron chi connectivity index (χ0n) is 13.2. The molecule has 6 heteroatoms. The van der Waals surface area contributed by atoms with Gasteiger partial charge in [-0.1, -0.05) is 13.8 Å². The number of ether oxygens (including phenoxy) is 2. The van der Waals surface area contributed by atoms with Crippen LogP contribution in [0.5, 0.6) is 0 Å². The van der Waals surface area contributed by atoms with Crippen LogP contribution in [0.25, 0.3) is 0 Å². The predicted molar refractivity (Wildman–Crippen MR) is 81.7 cm³/mol. The van der Waals surface area contributed by atoms with E-state index in [-0.39, 0.29) is 6.10 Å². The van der Waals surface area contributed by atoms with Gasteiger partial charge in [-0.05, 0) is 18.8 Å². The van der Waals surface area contributed by atoms with Crippen LogP contribution in [0.3, 0.4) is 0 Å². The molecular weight excluding hydrogens is 270 g/mol. The smallest absolute Gasteiger partial charge is 0.150 e. The number of hydrogen-bond donors (Lipinski definition) is 2. The van der Waals surface area contributed by atoms with Gasteiger partial charge in [-0.25, -0.2) is 0 Å². The molecule has 0 radical (unpaired) electrons. The Balaban J connectivity index is 1.74. The number of H-pyrrole nitrogens is 1. The van der Waals surface area contributed by atoms with Gasteiger partial charge in [0.05, 0.1) is 18.8 Å². The van der Waals surface area contributed by atoms with E-state index in [1.165, 1.54) is 0 Å². The second-order valence-corrected chi connectivity index (χ2v) is 6.02. The summed E-state index contributed by atoms with van der Waals surface area (Å²) < 4.78 is 11.0. The van der Waals surface area contributed by atoms with Gasteiger partial charge in [-0.3, -0.25) is 5.10 Å². The molecule has 0 spiro atoms. The summed E-state index contributed by atoms with van der Waals surface area (Å²) in [5, 5.41) is 17.4. The van der Waals surface area contributed by atoms with E-state index in [2.05, 4.69) is 24.0 Å². The minimum Gasteiger partial charge on any atom is -0.389 e. The lowest BCUT2D eigenvalue weighted by Crippen LogP contribution is -2.34. The molecule has 1 unspecified atom stereocenters. The number of hydrogen-bond acceptors (Lipinski definition) is 5. The first kappa shape index (κ1) is 16.3. The normalized spacial score (nSPS) is 18.1. The van der Waals surface area contributed by atoms with Crippen molar-refractivity contribution in [3.8, 4) is 0 Å². The van der Waals surface area contributed by atoms with Crippen LogP contribution in [-0.4, -0.2) is 60.9 Å². The number of nitrogens with one attached hydrogen (secondary N) is 1. The number of aromatic amines is 1. The molecule has 0 aliphatic carbocycles. The van der Waals surface area contributed by atoms with Crippen molar-refractivity contribution in [3.63, 3.8) is 0 Å². The quantitative estimate of drug-likeness (QED) is 0.798. The van der Waals surface area contributed by atoms with Crippen molar-refractivity contribution in [1.82, 2.24) is 10.2 Å². The molecule has 2 rings (SSSR count). The Hall–Kier alpha value is -1.11. The lowest BCUT2D eigenvalue weighted by atomic mass is 10.1. The van der Waals surface area contributed by atoms with Crippen molar-refractivity contribution >= 4 is 5.82 Å². The molecule has 21 heavy (non-hydrogen) atoms. The van der Waals surface area contributed by atoms with Crippen LogP contribution < -0.4 is 4.90 Å². The van der Waals surface area contributed by atoms with Crippen molar-refractivity contribution in [2.45, 2.75) is 44.8 Å². The molecule has 1 atom stereocenters. The third-order valence-corrected chi connectivity index (χ3v) is 3.77. The van der Waals surface area contributed by atoms with Crippen molar-refractivity contribution in [3.05, 3.63) is 11.8 Å². The number of rotatable bonds is 7. The van der Waals surface area contributed by atoms with Gasteiger partial charge < -0.3 is 19.5 Å². The van der Waals surface area contributed by atoms with Gasteiger partial charge in [0.2, 0.25) is 0 Å². The third-order valence-electron chi connectivity index (χ3n) is 3.77. The van der Waals surface area contributed by atoms with Crippen LogP contribution in [0.4, 0.5) is 5.82 Å². The largest absolute Gasteiger partial charge is 0.389 e. The van der Waals surface area contributed by atoms with E-state index in [4.69, 9.17) is 9.47 Å². The van der Waals surface area contributed by atoms with Crippen LogP contribution in [0, 0.1) is 0 Å². The fraction of sp³-hybridized carbons (Fsp3) is 0.800. The monoisotopic (exact) mass is 297 g/mol. The fourth-order valence-electron chi connectivity index (χ4n) is 2.37. The zero-order chi connectivity index (χ0) is 15.2. The van der Waals surface area contributed by atoms with Crippen LogP contribution in [0.15, 0.2) is 6.07 Å². The molecule has 0 amide bonds. The molecule has 0 bridgehead atoms. The highest BCUT2D eigenvalue weighted by Crippen LogP contribution is 2.17. The first-order chi connectivity index (χ1) is 10.1. The number of aromatic nitrogens is 2. The minimum absolute atomic E-state index is 0.219. The molecule has 1 aliphatic rings. The number of nitrogens with zero attached hydrogens (tertiary/aromatic N) is 2. The van der Waals surface area contributed by atoms with E-state index in [0.717, 1.165) is 37.6 Å². The molecular formula is C15H27N3O3. The van der Waals surface area contributed by atoms with E-state index < -0.39 is 6.10 Å². The third kappa shape index (κ3) is 4.98. The number of anilines is 1. The highest BCUT2D eigenvalue weighted by atomic mass is 16.5. The summed E-state index contributed by atoms with van der Waals surface area (Å²) in [5.41, 5.74) is 1.10. The molecule has 1 saturated heterocycles. The van der Waals surface area contributed by atoms with Crippen molar-refractivity contribution < 1.29 is 14.6 Å². The molecule has 2 heterocycles. The molecule has 1 fully saturated rings. The number of aliphatic hydroxyl groups is 1. The first-order valence-electron chi connectivity index (χ1n) is 7.70. The Kier molecular flexibility index (Phi) is 6.02. The van der Waals surface area contributed by atoms with E-state index in [9.17, 15) is 5.11 Å². The summed E-state index contributed by atoms with van der Waals surface area (Å²) >= 11 is 0. The van der Waals surface area contributed by atoms with Gasteiger partial charge in [0.1, 0.15) is 5.82 Å². The Morgan fingerprint density at radius 3 is 2.81 bits per heavy atom. The highest BCUT2D eigenvalue weighted by molar-refractivity contribution is 5.39. The zero-order valence-corrected chi connectivity index (χ0v) is 13.2. The van der Waals surface area contributed by atoms with Crippen molar-refractivity contribution in [1.29, 1.82) is 0 Å². The van der Waals surface area contributed by atoms with Crippen molar-refractivity contribution in [2.24, 2.45) is 0 Å².